The van der Waals surface area contributed by atoms with E-state index < -0.39 is 0 Å². The number of nitrogens with one attached hydrogen (secondary N) is 1. The highest BCUT2D eigenvalue weighted by Gasteiger charge is 2.19. The first-order valence-electron chi connectivity index (χ1n) is 9.47. The molecule has 4 rings (SSSR count). The number of anilines is 1. The number of hydrogen-bond acceptors (Lipinski definition) is 5. The third-order valence-corrected chi connectivity index (χ3v) is 4.92. The van der Waals surface area contributed by atoms with E-state index in [0.717, 1.165) is 30.6 Å². The van der Waals surface area contributed by atoms with E-state index in [-0.39, 0.29) is 17.7 Å². The molecule has 1 atom stereocenters. The highest BCUT2D eigenvalue weighted by molar-refractivity contribution is 6.30. The van der Waals surface area contributed by atoms with Crippen molar-refractivity contribution in [3.8, 4) is 17.1 Å². The maximum absolute atomic E-state index is 12.7. The Balaban J connectivity index is 1.48. The molecule has 0 radical (unpaired) electrons. The molecule has 1 fully saturated rings. The number of nitrogens with zero attached hydrogens (tertiary/aromatic N) is 1. The van der Waals surface area contributed by atoms with Crippen LogP contribution >= 0.6 is 11.6 Å². The summed E-state index contributed by atoms with van der Waals surface area (Å²) < 4.78 is 16.8. The highest BCUT2D eigenvalue weighted by atomic mass is 35.5. The largest absolute Gasteiger partial charge is 0.489 e. The van der Waals surface area contributed by atoms with Crippen LogP contribution in [0.4, 0.5) is 5.69 Å². The zero-order valence-electron chi connectivity index (χ0n) is 16.0. The van der Waals surface area contributed by atoms with E-state index in [1.54, 1.807) is 18.2 Å². The molecule has 0 saturated carbocycles. The van der Waals surface area contributed by atoms with Gasteiger partial charge in [0.05, 0.1) is 11.8 Å². The van der Waals surface area contributed by atoms with E-state index in [1.807, 2.05) is 37.3 Å². The van der Waals surface area contributed by atoms with Crippen LogP contribution in [0.2, 0.25) is 5.02 Å². The first-order valence-corrected chi connectivity index (χ1v) is 9.85. The topological polar surface area (TPSA) is 73.6 Å². The Hall–Kier alpha value is -2.83. The minimum atomic E-state index is -0.382. The third-order valence-electron chi connectivity index (χ3n) is 4.69. The van der Waals surface area contributed by atoms with E-state index in [0.29, 0.717) is 28.8 Å². The van der Waals surface area contributed by atoms with Gasteiger partial charge in [-0.2, -0.15) is 0 Å². The average Bonchev–Trinajstić information content (AvgIpc) is 3.40. The zero-order chi connectivity index (χ0) is 20.2. The molecule has 1 saturated heterocycles. The van der Waals surface area contributed by atoms with Crippen LogP contribution in [0, 0.1) is 6.92 Å². The Morgan fingerprint density at radius 2 is 2.17 bits per heavy atom. The van der Waals surface area contributed by atoms with Crippen LogP contribution in [0.5, 0.6) is 5.75 Å². The first-order chi connectivity index (χ1) is 14.1. The second-order valence-corrected chi connectivity index (χ2v) is 7.42. The molecule has 1 aliphatic rings. The second kappa shape index (κ2) is 8.68. The predicted molar refractivity (Wildman–Crippen MR) is 111 cm³/mol. The molecule has 7 heteroatoms. The van der Waals surface area contributed by atoms with E-state index in [1.165, 1.54) is 0 Å². The van der Waals surface area contributed by atoms with Crippen molar-refractivity contribution < 1.29 is 18.8 Å². The lowest BCUT2D eigenvalue weighted by molar-refractivity contribution is 0.0681. The van der Waals surface area contributed by atoms with Gasteiger partial charge < -0.3 is 19.3 Å². The average molecular weight is 413 g/mol. The van der Waals surface area contributed by atoms with Gasteiger partial charge in [0.15, 0.2) is 11.5 Å². The Morgan fingerprint density at radius 3 is 2.97 bits per heavy atom. The van der Waals surface area contributed by atoms with Crippen molar-refractivity contribution in [3.05, 3.63) is 64.8 Å². The lowest BCUT2D eigenvalue weighted by atomic mass is 10.1. The molecule has 2 aromatic carbocycles. The monoisotopic (exact) mass is 412 g/mol. The maximum atomic E-state index is 12.7. The molecule has 29 heavy (non-hydrogen) atoms. The Bertz CT molecular complexity index is 1010. The van der Waals surface area contributed by atoms with Crippen LogP contribution in [0.15, 0.2) is 53.1 Å². The predicted octanol–water partition coefficient (Wildman–Crippen LogP) is 5.11. The van der Waals surface area contributed by atoms with Gasteiger partial charge in [0, 0.05) is 23.3 Å². The summed E-state index contributed by atoms with van der Waals surface area (Å²) in [5.74, 6) is 0.691. The third kappa shape index (κ3) is 4.78. The molecule has 0 bridgehead atoms. The molecule has 2 heterocycles. The summed E-state index contributed by atoms with van der Waals surface area (Å²) in [6, 6.07) is 14.4. The number of ether oxygens (including phenoxy) is 2. The summed E-state index contributed by atoms with van der Waals surface area (Å²) in [4.78, 5) is 12.7. The lowest BCUT2D eigenvalue weighted by Crippen LogP contribution is -2.18. The highest BCUT2D eigenvalue weighted by Crippen LogP contribution is 2.28. The van der Waals surface area contributed by atoms with Crippen molar-refractivity contribution in [2.75, 3.05) is 18.5 Å². The van der Waals surface area contributed by atoms with Gasteiger partial charge >= 0.3 is 0 Å². The smallest absolute Gasteiger partial charge is 0.277 e. The summed E-state index contributed by atoms with van der Waals surface area (Å²) in [6.07, 6.45) is 2.13. The van der Waals surface area contributed by atoms with Gasteiger partial charge in [0.1, 0.15) is 12.4 Å². The van der Waals surface area contributed by atoms with Crippen LogP contribution in [-0.4, -0.2) is 30.4 Å². The molecule has 1 aromatic heterocycles. The molecule has 1 N–H and O–H groups in total. The quantitative estimate of drug-likeness (QED) is 0.608. The van der Waals surface area contributed by atoms with Crippen molar-refractivity contribution in [2.24, 2.45) is 0 Å². The fourth-order valence-corrected chi connectivity index (χ4v) is 3.35. The fraction of sp³-hybridized carbons (Fsp3) is 0.273. The van der Waals surface area contributed by atoms with E-state index in [4.69, 9.17) is 25.6 Å². The lowest BCUT2D eigenvalue weighted by Gasteiger charge is -2.15. The van der Waals surface area contributed by atoms with Gasteiger partial charge in [0.25, 0.3) is 5.91 Å². The Labute approximate surface area is 173 Å². The normalized spacial score (nSPS) is 16.0. The second-order valence-electron chi connectivity index (χ2n) is 6.99. The van der Waals surface area contributed by atoms with Crippen molar-refractivity contribution in [3.63, 3.8) is 0 Å². The summed E-state index contributed by atoms with van der Waals surface area (Å²) in [6.45, 7) is 3.20. The van der Waals surface area contributed by atoms with Crippen LogP contribution in [0.1, 0.15) is 28.9 Å². The molecule has 0 spiro atoms. The van der Waals surface area contributed by atoms with Gasteiger partial charge in [-0.3, -0.25) is 4.79 Å². The number of aryl methyl sites for hydroxylation is 1. The minimum absolute atomic E-state index is 0.0925. The fourth-order valence-electron chi connectivity index (χ4n) is 3.16. The summed E-state index contributed by atoms with van der Waals surface area (Å²) >= 11 is 6.01. The van der Waals surface area contributed by atoms with Gasteiger partial charge in [-0.1, -0.05) is 35.0 Å². The molecule has 1 amide bonds. The zero-order valence-corrected chi connectivity index (χ0v) is 16.7. The molecular weight excluding hydrogens is 392 g/mol. The SMILES string of the molecule is Cc1ccc(NC(=O)c2cc(-c3cccc(Cl)c3)on2)c(OCC2CCCO2)c1. The number of amides is 1. The van der Waals surface area contributed by atoms with Crippen molar-refractivity contribution in [1.29, 1.82) is 0 Å². The number of carbonyl (C=O) groups excluding carboxylic acids is 1. The van der Waals surface area contributed by atoms with Crippen LogP contribution in [0.3, 0.4) is 0 Å². The van der Waals surface area contributed by atoms with Crippen molar-refractivity contribution >= 4 is 23.2 Å². The molecule has 1 aliphatic heterocycles. The van der Waals surface area contributed by atoms with Crippen molar-refractivity contribution in [1.82, 2.24) is 5.16 Å². The Kier molecular flexibility index (Phi) is 5.83. The van der Waals surface area contributed by atoms with Crippen molar-refractivity contribution in [2.45, 2.75) is 25.9 Å². The van der Waals surface area contributed by atoms with Gasteiger partial charge in [-0.05, 0) is 49.6 Å². The number of carbonyl (C=O) groups is 1. The molecule has 6 nitrogen and oxygen atoms in total. The van der Waals surface area contributed by atoms with E-state index in [9.17, 15) is 4.79 Å². The van der Waals surface area contributed by atoms with Crippen LogP contribution in [0.25, 0.3) is 11.3 Å². The Morgan fingerprint density at radius 1 is 1.28 bits per heavy atom. The number of aromatic nitrogens is 1. The number of halogens is 1. The standard InChI is InChI=1S/C22H21ClN2O4/c1-14-7-8-18(21(10-14)28-13-17-6-3-9-27-17)24-22(26)19-12-20(29-25-19)15-4-2-5-16(23)11-15/h2,4-5,7-8,10-12,17H,3,6,9,13H2,1H3,(H,24,26). The van der Waals surface area contributed by atoms with E-state index >= 15 is 0 Å². The van der Waals surface area contributed by atoms with Gasteiger partial charge in [0.2, 0.25) is 0 Å². The van der Waals surface area contributed by atoms with Crippen LogP contribution < -0.4 is 10.1 Å². The minimum Gasteiger partial charge on any atom is -0.489 e. The summed E-state index contributed by atoms with van der Waals surface area (Å²) in [5, 5.41) is 7.32. The number of benzene rings is 2. The van der Waals surface area contributed by atoms with E-state index in [2.05, 4.69) is 10.5 Å². The molecule has 150 valence electrons. The maximum Gasteiger partial charge on any atom is 0.277 e. The van der Waals surface area contributed by atoms with Gasteiger partial charge in [-0.15, -0.1) is 0 Å². The molecule has 0 aliphatic carbocycles. The molecular formula is C22H21ClN2O4. The summed E-state index contributed by atoms with van der Waals surface area (Å²) in [7, 11) is 0. The number of hydrogen-bond donors (Lipinski definition) is 1. The summed E-state index contributed by atoms with van der Waals surface area (Å²) in [5.41, 5.74) is 2.53. The van der Waals surface area contributed by atoms with Gasteiger partial charge in [-0.25, -0.2) is 0 Å². The number of rotatable bonds is 6. The van der Waals surface area contributed by atoms with Crippen LogP contribution in [-0.2, 0) is 4.74 Å². The molecule has 1 unspecified atom stereocenters. The first kappa shape index (κ1) is 19.5. The molecule has 3 aromatic rings.